The van der Waals surface area contributed by atoms with Crippen LogP contribution in [0, 0.1) is 11.6 Å². The highest BCUT2D eigenvalue weighted by molar-refractivity contribution is 5.22. The lowest BCUT2D eigenvalue weighted by Gasteiger charge is -2.36. The minimum atomic E-state index is -0.374. The van der Waals surface area contributed by atoms with E-state index in [0.717, 1.165) is 19.4 Å². The first kappa shape index (κ1) is 14.0. The van der Waals surface area contributed by atoms with Crippen LogP contribution in [0.2, 0.25) is 0 Å². The van der Waals surface area contributed by atoms with Gasteiger partial charge in [-0.1, -0.05) is 0 Å². The van der Waals surface area contributed by atoms with Gasteiger partial charge in [0.05, 0.1) is 0 Å². The fourth-order valence-electron chi connectivity index (χ4n) is 3.67. The number of piperidine rings is 1. The predicted octanol–water partition coefficient (Wildman–Crippen LogP) is 3.24. The summed E-state index contributed by atoms with van der Waals surface area (Å²) in [6, 6.07) is 4.63. The van der Waals surface area contributed by atoms with Crippen molar-refractivity contribution in [1.82, 2.24) is 10.2 Å². The van der Waals surface area contributed by atoms with Crippen LogP contribution in [0.4, 0.5) is 8.78 Å². The Morgan fingerprint density at radius 2 is 2.10 bits per heavy atom. The van der Waals surface area contributed by atoms with Crippen LogP contribution in [-0.4, -0.2) is 30.1 Å². The molecule has 0 radical (unpaired) electrons. The Labute approximate surface area is 119 Å². The molecule has 1 aromatic carbocycles. The summed E-state index contributed by atoms with van der Waals surface area (Å²) in [6.45, 7) is 4.27. The first-order valence-corrected chi connectivity index (χ1v) is 7.58. The smallest absolute Gasteiger partial charge is 0.128 e. The van der Waals surface area contributed by atoms with Gasteiger partial charge in [-0.25, -0.2) is 8.78 Å². The van der Waals surface area contributed by atoms with Crippen molar-refractivity contribution in [2.75, 3.05) is 13.1 Å². The Morgan fingerprint density at radius 1 is 1.25 bits per heavy atom. The maximum Gasteiger partial charge on any atom is 0.128 e. The molecule has 1 N–H and O–H groups in total. The van der Waals surface area contributed by atoms with Crippen LogP contribution in [0.1, 0.15) is 44.2 Å². The number of rotatable bonds is 3. The van der Waals surface area contributed by atoms with Gasteiger partial charge in [0.1, 0.15) is 11.6 Å². The van der Waals surface area contributed by atoms with Crippen LogP contribution >= 0.6 is 0 Å². The Morgan fingerprint density at radius 3 is 2.95 bits per heavy atom. The van der Waals surface area contributed by atoms with E-state index < -0.39 is 0 Å². The molecule has 1 aromatic rings. The lowest BCUT2D eigenvalue weighted by atomic mass is 9.96. The SMILES string of the molecule is CC(NC1CCN2CCCC2C1)c1cc(F)ccc1F. The third-order valence-corrected chi connectivity index (χ3v) is 4.73. The van der Waals surface area contributed by atoms with Crippen molar-refractivity contribution < 1.29 is 8.78 Å². The summed E-state index contributed by atoms with van der Waals surface area (Å²) in [7, 11) is 0. The van der Waals surface area contributed by atoms with Gasteiger partial charge in [-0.2, -0.15) is 0 Å². The molecule has 0 aliphatic carbocycles. The summed E-state index contributed by atoms with van der Waals surface area (Å²) in [5.41, 5.74) is 0.429. The topological polar surface area (TPSA) is 15.3 Å². The van der Waals surface area contributed by atoms with Crippen molar-refractivity contribution in [3.63, 3.8) is 0 Å². The largest absolute Gasteiger partial charge is 0.307 e. The van der Waals surface area contributed by atoms with Crippen molar-refractivity contribution in [2.24, 2.45) is 0 Å². The number of nitrogens with zero attached hydrogens (tertiary/aromatic N) is 1. The first-order valence-electron chi connectivity index (χ1n) is 7.58. The third kappa shape index (κ3) is 2.86. The molecule has 3 rings (SSSR count). The van der Waals surface area contributed by atoms with Gasteiger partial charge in [-0.3, -0.25) is 0 Å². The number of nitrogens with one attached hydrogen (secondary N) is 1. The Hall–Kier alpha value is -1.00. The summed E-state index contributed by atoms with van der Waals surface area (Å²) < 4.78 is 27.0. The molecule has 2 nitrogen and oxygen atoms in total. The molecule has 0 aromatic heterocycles. The lowest BCUT2D eigenvalue weighted by molar-refractivity contribution is 0.162. The molecule has 2 aliphatic heterocycles. The molecule has 0 spiro atoms. The monoisotopic (exact) mass is 280 g/mol. The number of fused-ring (bicyclic) bond motifs is 1. The second kappa shape index (κ2) is 5.78. The zero-order valence-electron chi connectivity index (χ0n) is 11.9. The minimum absolute atomic E-state index is 0.149. The third-order valence-electron chi connectivity index (χ3n) is 4.73. The minimum Gasteiger partial charge on any atom is -0.307 e. The normalized spacial score (nSPS) is 28.4. The van der Waals surface area contributed by atoms with Crippen molar-refractivity contribution in [3.05, 3.63) is 35.4 Å². The first-order chi connectivity index (χ1) is 9.63. The van der Waals surface area contributed by atoms with E-state index in [1.54, 1.807) is 0 Å². The van der Waals surface area contributed by atoms with Gasteiger partial charge in [0.25, 0.3) is 0 Å². The summed E-state index contributed by atoms with van der Waals surface area (Å²) in [5, 5.41) is 3.48. The van der Waals surface area contributed by atoms with Crippen LogP contribution < -0.4 is 5.32 Å². The van der Waals surface area contributed by atoms with E-state index in [0.29, 0.717) is 17.6 Å². The van der Waals surface area contributed by atoms with Crippen molar-refractivity contribution in [1.29, 1.82) is 0 Å². The molecule has 0 amide bonds. The summed E-state index contributed by atoms with van der Waals surface area (Å²) in [4.78, 5) is 2.56. The molecular formula is C16H22F2N2. The molecule has 110 valence electrons. The van der Waals surface area contributed by atoms with Gasteiger partial charge in [0.15, 0.2) is 0 Å². The molecular weight excluding hydrogens is 258 g/mol. The standard InChI is InChI=1S/C16H22F2N2/c1-11(15-9-12(17)4-5-16(15)18)19-13-6-8-20-7-2-3-14(20)10-13/h4-5,9,11,13-14,19H,2-3,6-8,10H2,1H3. The van der Waals surface area contributed by atoms with Crippen LogP contribution in [0.15, 0.2) is 18.2 Å². The molecule has 2 fully saturated rings. The molecule has 4 heteroatoms. The van der Waals surface area contributed by atoms with E-state index >= 15 is 0 Å². The fourth-order valence-corrected chi connectivity index (χ4v) is 3.67. The van der Waals surface area contributed by atoms with E-state index in [2.05, 4.69) is 10.2 Å². The molecule has 0 saturated carbocycles. The van der Waals surface area contributed by atoms with Crippen LogP contribution in [0.25, 0.3) is 0 Å². The maximum atomic E-state index is 13.8. The van der Waals surface area contributed by atoms with Gasteiger partial charge < -0.3 is 10.2 Å². The second-order valence-corrected chi connectivity index (χ2v) is 6.11. The van der Waals surface area contributed by atoms with Crippen LogP contribution in [-0.2, 0) is 0 Å². The van der Waals surface area contributed by atoms with Gasteiger partial charge in [0, 0.05) is 23.7 Å². The molecule has 3 unspecified atom stereocenters. The van der Waals surface area contributed by atoms with Gasteiger partial charge >= 0.3 is 0 Å². The average molecular weight is 280 g/mol. The van der Waals surface area contributed by atoms with Crippen molar-refractivity contribution in [3.8, 4) is 0 Å². The quantitative estimate of drug-likeness (QED) is 0.914. The van der Waals surface area contributed by atoms with E-state index in [4.69, 9.17) is 0 Å². The predicted molar refractivity (Wildman–Crippen MR) is 75.5 cm³/mol. The summed E-state index contributed by atoms with van der Waals surface area (Å²) in [6.07, 6.45) is 4.80. The number of halogens is 2. The highest BCUT2D eigenvalue weighted by Gasteiger charge is 2.32. The van der Waals surface area contributed by atoms with Crippen LogP contribution in [0.3, 0.4) is 0 Å². The molecule has 0 bridgehead atoms. The van der Waals surface area contributed by atoms with Gasteiger partial charge in [0.2, 0.25) is 0 Å². The Kier molecular flexibility index (Phi) is 4.03. The van der Waals surface area contributed by atoms with E-state index in [-0.39, 0.29) is 17.7 Å². The van der Waals surface area contributed by atoms with Gasteiger partial charge in [-0.15, -0.1) is 0 Å². The fraction of sp³-hybridized carbons (Fsp3) is 0.625. The van der Waals surface area contributed by atoms with E-state index in [1.165, 1.54) is 37.6 Å². The molecule has 20 heavy (non-hydrogen) atoms. The number of hydrogen-bond donors (Lipinski definition) is 1. The highest BCUT2D eigenvalue weighted by Crippen LogP contribution is 2.28. The Balaban J connectivity index is 1.64. The molecule has 2 heterocycles. The zero-order chi connectivity index (χ0) is 14.1. The van der Waals surface area contributed by atoms with E-state index in [1.807, 2.05) is 6.92 Å². The second-order valence-electron chi connectivity index (χ2n) is 6.11. The molecule has 2 saturated heterocycles. The average Bonchev–Trinajstić information content (AvgIpc) is 2.89. The number of benzene rings is 1. The summed E-state index contributed by atoms with van der Waals surface area (Å²) in [5.74, 6) is -0.703. The number of hydrogen-bond acceptors (Lipinski definition) is 2. The molecule has 3 atom stereocenters. The zero-order valence-corrected chi connectivity index (χ0v) is 11.9. The Bertz CT molecular complexity index is 478. The van der Waals surface area contributed by atoms with Crippen molar-refractivity contribution in [2.45, 2.75) is 50.7 Å². The van der Waals surface area contributed by atoms with Crippen molar-refractivity contribution >= 4 is 0 Å². The van der Waals surface area contributed by atoms with Crippen LogP contribution in [0.5, 0.6) is 0 Å². The highest BCUT2D eigenvalue weighted by atomic mass is 19.1. The summed E-state index contributed by atoms with van der Waals surface area (Å²) >= 11 is 0. The lowest BCUT2D eigenvalue weighted by Crippen LogP contribution is -2.46. The maximum absolute atomic E-state index is 13.8. The van der Waals surface area contributed by atoms with Gasteiger partial charge in [-0.05, 0) is 63.9 Å². The molecule has 2 aliphatic rings. The van der Waals surface area contributed by atoms with E-state index in [9.17, 15) is 8.78 Å².